The summed E-state index contributed by atoms with van der Waals surface area (Å²) in [6, 6.07) is 0. The van der Waals surface area contributed by atoms with Gasteiger partial charge in [-0.25, -0.2) is 0 Å². The summed E-state index contributed by atoms with van der Waals surface area (Å²) in [6.07, 6.45) is -39.0. The molecule has 84 heavy (non-hydrogen) atoms. The van der Waals surface area contributed by atoms with E-state index in [1.807, 2.05) is 0 Å². The van der Waals surface area contributed by atoms with Crippen molar-refractivity contribution < 1.29 is 162 Å². The Morgan fingerprint density at radius 1 is 0.250 bits per heavy atom. The fraction of sp³-hybridized carbons (Fsp3) is 0.740. The predicted octanol–water partition coefficient (Wildman–Crippen LogP) is -2.33. The van der Waals surface area contributed by atoms with Crippen LogP contribution in [0.5, 0.6) is 0 Å². The van der Waals surface area contributed by atoms with Crippen LogP contribution in [0.3, 0.4) is 0 Å². The monoisotopic (exact) mass is 1210 g/mol. The number of hydrogen-bond acceptors (Lipinski definition) is 34. The average molecular weight is 1210 g/mol. The number of rotatable bonds is 23. The molecule has 4 aliphatic heterocycles. The summed E-state index contributed by atoms with van der Waals surface area (Å²) in [5.74, 6) is -13.5. The number of aliphatic hydroxyl groups excluding tert-OH is 1. The molecule has 4 heterocycles. The largest absolute Gasteiger partial charge is 0.463 e. The topological polar surface area (TPSA) is 427 Å². The normalized spacial score (nSPS) is 32.7. The highest BCUT2D eigenvalue weighted by Crippen LogP contribution is 2.40. The van der Waals surface area contributed by atoms with Crippen LogP contribution in [0.4, 0.5) is 0 Å². The maximum atomic E-state index is 13.2. The van der Waals surface area contributed by atoms with Crippen molar-refractivity contribution in [2.45, 2.75) is 213 Å². The second kappa shape index (κ2) is 31.6. The van der Waals surface area contributed by atoms with Crippen LogP contribution in [0.2, 0.25) is 0 Å². The third-order valence-corrected chi connectivity index (χ3v) is 11.8. The molecule has 0 aromatic heterocycles. The number of carbonyl (C=O) groups excluding carboxylic acids is 13. The Balaban J connectivity index is 1.97. The minimum Gasteiger partial charge on any atom is -0.463 e. The molecule has 0 amide bonds. The van der Waals surface area contributed by atoms with Crippen molar-refractivity contribution in [2.75, 3.05) is 26.4 Å². The third kappa shape index (κ3) is 20.5. The van der Waals surface area contributed by atoms with Gasteiger partial charge in [-0.2, -0.15) is 0 Å². The van der Waals surface area contributed by atoms with Crippen LogP contribution in [0.25, 0.3) is 0 Å². The smallest absolute Gasteiger partial charge is 0.303 e. The molecule has 4 rings (SSSR count). The first kappa shape index (κ1) is 69.3. The fourth-order valence-corrected chi connectivity index (χ4v) is 9.06. The molecular formula is C50H68O34. The first-order valence-electron chi connectivity index (χ1n) is 25.6. The highest BCUT2D eigenvalue weighted by Gasteiger charge is 2.61. The van der Waals surface area contributed by atoms with Gasteiger partial charge in [0.2, 0.25) is 0 Å². The minimum absolute atomic E-state index is 0.745. The molecule has 0 aromatic carbocycles. The van der Waals surface area contributed by atoms with Crippen molar-refractivity contribution in [1.29, 1.82) is 0 Å². The maximum Gasteiger partial charge on any atom is 0.303 e. The minimum atomic E-state index is -2.21. The zero-order valence-electron chi connectivity index (χ0n) is 47.8. The van der Waals surface area contributed by atoms with E-state index < -0.39 is 227 Å². The van der Waals surface area contributed by atoms with Gasteiger partial charge in [0, 0.05) is 90.0 Å². The van der Waals surface area contributed by atoms with Crippen molar-refractivity contribution >= 4 is 77.6 Å². The number of ether oxygens (including phenoxy) is 20. The number of carbonyl (C=O) groups is 13. The van der Waals surface area contributed by atoms with E-state index in [1.54, 1.807) is 0 Å². The van der Waals surface area contributed by atoms with Gasteiger partial charge in [-0.3, -0.25) is 62.3 Å². The van der Waals surface area contributed by atoms with Gasteiger partial charge in [0.25, 0.3) is 0 Å². The molecule has 0 aliphatic carbocycles. The van der Waals surface area contributed by atoms with Crippen LogP contribution in [0.15, 0.2) is 0 Å². The SMILES string of the molecule is CC(=O)OC[C@H]1O[C@H](O[C@H]2[C@H](OC(C)=O)[C@@H](OC(C)=O)[C@@H](O[C@H]3[C@H](OC(C)=O)[C@@H](OC(C)=O)[C@@H](O[C@H]4C(OC(C)=O)[C@@H](OC(C)=O)C(O)O[C@@H]4COC(C)=O)O[C@@H]3COC(C)=O)O[C@@H]2COC(C)=O)[C@H](OC(C)=O)[C@@H](OC(C)=O)[C@@H]1OC(C)=O. The summed E-state index contributed by atoms with van der Waals surface area (Å²) in [4.78, 5) is 165. The van der Waals surface area contributed by atoms with Crippen molar-refractivity contribution in [3.8, 4) is 0 Å². The van der Waals surface area contributed by atoms with Gasteiger partial charge in [0.05, 0.1) is 0 Å². The molecule has 34 heteroatoms. The summed E-state index contributed by atoms with van der Waals surface area (Å²) < 4.78 is 115. The van der Waals surface area contributed by atoms with Gasteiger partial charge in [-0.1, -0.05) is 0 Å². The molecule has 34 nitrogen and oxygen atoms in total. The lowest BCUT2D eigenvalue weighted by Crippen LogP contribution is -2.69. The van der Waals surface area contributed by atoms with Crippen LogP contribution in [-0.2, 0) is 157 Å². The predicted molar refractivity (Wildman–Crippen MR) is 258 cm³/mol. The Bertz CT molecular complexity index is 2410. The summed E-state index contributed by atoms with van der Waals surface area (Å²) in [5, 5.41) is 11.0. The van der Waals surface area contributed by atoms with Gasteiger partial charge < -0.3 is 99.8 Å². The molecule has 0 saturated carbocycles. The molecule has 472 valence electrons. The van der Waals surface area contributed by atoms with E-state index in [4.69, 9.17) is 94.7 Å². The molecule has 4 aliphatic rings. The van der Waals surface area contributed by atoms with Crippen LogP contribution in [0.1, 0.15) is 90.0 Å². The molecular weight excluding hydrogens is 1140 g/mol. The van der Waals surface area contributed by atoms with E-state index in [0.717, 1.165) is 90.0 Å². The van der Waals surface area contributed by atoms with Crippen LogP contribution < -0.4 is 0 Å². The fourth-order valence-electron chi connectivity index (χ4n) is 9.06. The molecule has 0 aromatic rings. The van der Waals surface area contributed by atoms with Crippen molar-refractivity contribution in [3.63, 3.8) is 0 Å². The number of aliphatic hydroxyl groups is 1. The van der Waals surface area contributed by atoms with Crippen molar-refractivity contribution in [2.24, 2.45) is 0 Å². The summed E-state index contributed by atoms with van der Waals surface area (Å²) in [6.45, 7) is 8.90. The van der Waals surface area contributed by atoms with E-state index >= 15 is 0 Å². The molecule has 20 atom stereocenters. The first-order valence-corrected chi connectivity index (χ1v) is 25.6. The van der Waals surface area contributed by atoms with Crippen LogP contribution >= 0.6 is 0 Å². The Morgan fingerprint density at radius 3 is 0.690 bits per heavy atom. The van der Waals surface area contributed by atoms with E-state index in [1.165, 1.54) is 0 Å². The number of hydrogen-bond donors (Lipinski definition) is 1. The van der Waals surface area contributed by atoms with E-state index in [9.17, 15) is 67.4 Å². The molecule has 2 unspecified atom stereocenters. The van der Waals surface area contributed by atoms with E-state index in [0.29, 0.717) is 0 Å². The Kier molecular flexibility index (Phi) is 26.1. The highest BCUT2D eigenvalue weighted by molar-refractivity contribution is 5.71. The lowest BCUT2D eigenvalue weighted by molar-refractivity contribution is -0.388. The zero-order valence-corrected chi connectivity index (χ0v) is 47.8. The lowest BCUT2D eigenvalue weighted by atomic mass is 9.94. The molecule has 1 N–H and O–H groups in total. The molecule has 4 saturated heterocycles. The van der Waals surface area contributed by atoms with Gasteiger partial charge >= 0.3 is 77.6 Å². The summed E-state index contributed by atoms with van der Waals surface area (Å²) in [7, 11) is 0. The number of esters is 13. The van der Waals surface area contributed by atoms with Gasteiger partial charge in [0.1, 0.15) is 69.2 Å². The molecule has 0 spiro atoms. The van der Waals surface area contributed by atoms with Gasteiger partial charge in [-0.15, -0.1) is 0 Å². The maximum absolute atomic E-state index is 13.2. The lowest BCUT2D eigenvalue weighted by Gasteiger charge is -2.51. The second-order valence-electron chi connectivity index (χ2n) is 18.9. The molecule has 4 fully saturated rings. The quantitative estimate of drug-likeness (QED) is 0.0828. The molecule has 0 bridgehead atoms. The van der Waals surface area contributed by atoms with E-state index in [-0.39, 0.29) is 0 Å². The average Bonchev–Trinajstić information content (AvgIpc) is 3.34. The first-order chi connectivity index (χ1) is 39.3. The van der Waals surface area contributed by atoms with E-state index in [2.05, 4.69) is 0 Å². The standard InChI is InChI=1S/C50H68O34/c1-18(51)65-14-31-36(39(70-23(6)56)43(47(64)78-31)74-27(10)60)82-49-45(76-29(12)62)41(72-25(8)58)38(33(80-49)16-67-20(3)53)84-50-46(77-30(13)63)42(73-26(9)59)37(34(81-50)17-68-21(4)54)83-48-44(75-28(11)61)40(71-24(7)57)35(69-22(5)55)32(79-48)15-66-19(2)52/h31-50,64H,14-17H2,1-13H3/t31-,32-,33-,34-,35-,36-,37-,38-,39?,40+,41+,42+,43-,44-,45-,46-,47?,48-,49-,50-/m1/s1. The third-order valence-electron chi connectivity index (χ3n) is 11.8. The van der Waals surface area contributed by atoms with Crippen LogP contribution in [-0.4, -0.2) is 232 Å². The Labute approximate surface area is 478 Å². The second-order valence-corrected chi connectivity index (χ2v) is 18.9. The Hall–Kier alpha value is -7.21. The van der Waals surface area contributed by atoms with Gasteiger partial charge in [-0.05, 0) is 0 Å². The summed E-state index contributed by atoms with van der Waals surface area (Å²) in [5.41, 5.74) is 0. The van der Waals surface area contributed by atoms with Crippen molar-refractivity contribution in [1.82, 2.24) is 0 Å². The van der Waals surface area contributed by atoms with Crippen molar-refractivity contribution in [3.05, 3.63) is 0 Å². The molecule has 0 radical (unpaired) electrons. The highest BCUT2D eigenvalue weighted by atomic mass is 16.8. The summed E-state index contributed by atoms with van der Waals surface area (Å²) >= 11 is 0. The Morgan fingerprint density at radius 2 is 0.440 bits per heavy atom. The van der Waals surface area contributed by atoms with Crippen LogP contribution in [0, 0.1) is 0 Å². The zero-order chi connectivity index (χ0) is 63.0. The van der Waals surface area contributed by atoms with Gasteiger partial charge in [0.15, 0.2) is 80.1 Å².